The molecule has 30 heavy (non-hydrogen) atoms. The maximum absolute atomic E-state index is 12.1. The van der Waals surface area contributed by atoms with Crippen molar-refractivity contribution in [2.75, 3.05) is 23.8 Å². The summed E-state index contributed by atoms with van der Waals surface area (Å²) in [5.74, 6) is 0.884. The number of nitrogens with one attached hydrogen (secondary N) is 2. The predicted molar refractivity (Wildman–Crippen MR) is 125 cm³/mol. The third-order valence-corrected chi connectivity index (χ3v) is 5.37. The van der Waals surface area contributed by atoms with E-state index in [1.165, 1.54) is 0 Å². The molecule has 3 aromatic rings. The molecule has 0 aliphatic heterocycles. The summed E-state index contributed by atoms with van der Waals surface area (Å²) in [4.78, 5) is 12.1. The molecule has 0 spiro atoms. The standard InChI is InChI=1S/C23H22BrClN2O3/c1-2-29-22-12-16(14-26-18-9-10-19(24)20(25)13-18)8-11-21(22)30-15-23(28)27-17-6-4-3-5-7-17/h3-13,26H,2,14-15H2,1H3,(H,27,28). The summed E-state index contributed by atoms with van der Waals surface area (Å²) in [6.07, 6.45) is 0. The first-order chi connectivity index (χ1) is 14.5. The second kappa shape index (κ2) is 10.9. The lowest BCUT2D eigenvalue weighted by Gasteiger charge is -2.14. The van der Waals surface area contributed by atoms with Gasteiger partial charge in [0, 0.05) is 22.4 Å². The lowest BCUT2D eigenvalue weighted by atomic mass is 10.2. The summed E-state index contributed by atoms with van der Waals surface area (Å²) in [5.41, 5.74) is 2.66. The SMILES string of the molecule is CCOc1cc(CNc2ccc(Br)c(Cl)c2)ccc1OCC(=O)Nc1ccccc1. The minimum atomic E-state index is -0.235. The summed E-state index contributed by atoms with van der Waals surface area (Å²) in [7, 11) is 0. The fourth-order valence-electron chi connectivity index (χ4n) is 2.72. The summed E-state index contributed by atoms with van der Waals surface area (Å²) in [6, 6.07) is 20.6. The number of carbonyl (C=O) groups excluding carboxylic acids is 1. The molecule has 0 atom stereocenters. The van der Waals surface area contributed by atoms with E-state index in [1.807, 2.05) is 73.7 Å². The first-order valence-electron chi connectivity index (χ1n) is 9.47. The Morgan fingerprint density at radius 3 is 2.50 bits per heavy atom. The van der Waals surface area contributed by atoms with Gasteiger partial charge in [-0.15, -0.1) is 0 Å². The Morgan fingerprint density at radius 1 is 0.967 bits per heavy atom. The number of para-hydroxylation sites is 1. The van der Waals surface area contributed by atoms with Crippen LogP contribution in [0, 0.1) is 0 Å². The fourth-order valence-corrected chi connectivity index (χ4v) is 3.15. The molecule has 156 valence electrons. The van der Waals surface area contributed by atoms with E-state index in [1.54, 1.807) is 0 Å². The molecule has 2 N–H and O–H groups in total. The zero-order valence-corrected chi connectivity index (χ0v) is 18.8. The maximum Gasteiger partial charge on any atom is 0.262 e. The van der Waals surface area contributed by atoms with Crippen LogP contribution in [0.3, 0.4) is 0 Å². The van der Waals surface area contributed by atoms with Crippen LogP contribution < -0.4 is 20.1 Å². The van der Waals surface area contributed by atoms with Gasteiger partial charge in [0.25, 0.3) is 5.91 Å². The minimum absolute atomic E-state index is 0.107. The molecule has 1 amide bonds. The van der Waals surface area contributed by atoms with Crippen LogP contribution in [0.1, 0.15) is 12.5 Å². The van der Waals surface area contributed by atoms with Gasteiger partial charge in [-0.2, -0.15) is 0 Å². The Balaban J connectivity index is 1.61. The van der Waals surface area contributed by atoms with Gasteiger partial charge in [-0.05, 0) is 70.9 Å². The van der Waals surface area contributed by atoms with Gasteiger partial charge in [0.05, 0.1) is 11.6 Å². The second-order valence-corrected chi connectivity index (χ2v) is 7.66. The first-order valence-corrected chi connectivity index (χ1v) is 10.6. The van der Waals surface area contributed by atoms with Crippen molar-refractivity contribution in [3.8, 4) is 11.5 Å². The van der Waals surface area contributed by atoms with E-state index >= 15 is 0 Å². The third-order valence-electron chi connectivity index (χ3n) is 4.14. The highest BCUT2D eigenvalue weighted by atomic mass is 79.9. The van der Waals surface area contributed by atoms with Crippen molar-refractivity contribution in [2.45, 2.75) is 13.5 Å². The van der Waals surface area contributed by atoms with Crippen LogP contribution in [-0.2, 0) is 11.3 Å². The molecule has 5 nitrogen and oxygen atoms in total. The van der Waals surface area contributed by atoms with Crippen molar-refractivity contribution in [1.82, 2.24) is 0 Å². The van der Waals surface area contributed by atoms with Gasteiger partial charge in [-0.3, -0.25) is 4.79 Å². The van der Waals surface area contributed by atoms with E-state index in [9.17, 15) is 4.79 Å². The van der Waals surface area contributed by atoms with Gasteiger partial charge in [0.1, 0.15) is 0 Å². The third kappa shape index (κ3) is 6.40. The molecule has 7 heteroatoms. The number of anilines is 2. The smallest absolute Gasteiger partial charge is 0.262 e. The van der Waals surface area contributed by atoms with E-state index in [0.717, 1.165) is 21.4 Å². The molecule has 3 aromatic carbocycles. The lowest BCUT2D eigenvalue weighted by molar-refractivity contribution is -0.118. The quantitative estimate of drug-likeness (QED) is 0.379. The number of ether oxygens (including phenoxy) is 2. The highest BCUT2D eigenvalue weighted by molar-refractivity contribution is 9.10. The number of halogens is 2. The summed E-state index contributed by atoms with van der Waals surface area (Å²) in [5, 5.41) is 6.77. The molecule has 0 saturated carbocycles. The van der Waals surface area contributed by atoms with Gasteiger partial charge in [-0.25, -0.2) is 0 Å². The number of benzene rings is 3. The molecule has 0 saturated heterocycles. The number of carbonyl (C=O) groups is 1. The van der Waals surface area contributed by atoms with Gasteiger partial charge in [-0.1, -0.05) is 35.9 Å². The predicted octanol–water partition coefficient (Wildman–Crippen LogP) is 6.13. The molecule has 0 aliphatic rings. The Kier molecular flexibility index (Phi) is 7.99. The molecule has 0 unspecified atom stereocenters. The molecular weight excluding hydrogens is 468 g/mol. The topological polar surface area (TPSA) is 59.6 Å². The molecule has 0 radical (unpaired) electrons. The Morgan fingerprint density at radius 2 is 1.77 bits per heavy atom. The van der Waals surface area contributed by atoms with Crippen LogP contribution >= 0.6 is 27.5 Å². The highest BCUT2D eigenvalue weighted by Gasteiger charge is 2.10. The van der Waals surface area contributed by atoms with Crippen LogP contribution in [0.25, 0.3) is 0 Å². The normalized spacial score (nSPS) is 10.4. The molecule has 3 rings (SSSR count). The van der Waals surface area contributed by atoms with Crippen LogP contribution in [-0.4, -0.2) is 19.1 Å². The first kappa shape index (κ1) is 22.0. The minimum Gasteiger partial charge on any atom is -0.490 e. The summed E-state index contributed by atoms with van der Waals surface area (Å²) in [6.45, 7) is 2.88. The molecule has 0 aromatic heterocycles. The van der Waals surface area contributed by atoms with E-state index in [-0.39, 0.29) is 12.5 Å². The molecule has 0 heterocycles. The number of rotatable bonds is 9. The highest BCUT2D eigenvalue weighted by Crippen LogP contribution is 2.30. The van der Waals surface area contributed by atoms with Gasteiger partial charge in [0.2, 0.25) is 0 Å². The molecule has 0 aliphatic carbocycles. The Bertz CT molecular complexity index is 999. The van der Waals surface area contributed by atoms with Crippen LogP contribution in [0.4, 0.5) is 11.4 Å². The Labute approximate surface area is 189 Å². The monoisotopic (exact) mass is 488 g/mol. The van der Waals surface area contributed by atoms with E-state index in [0.29, 0.717) is 29.7 Å². The van der Waals surface area contributed by atoms with Crippen molar-refractivity contribution >= 4 is 44.8 Å². The van der Waals surface area contributed by atoms with Gasteiger partial charge >= 0.3 is 0 Å². The average molecular weight is 490 g/mol. The zero-order chi connectivity index (χ0) is 21.3. The molecule has 0 fully saturated rings. The average Bonchev–Trinajstić information content (AvgIpc) is 2.75. The van der Waals surface area contributed by atoms with E-state index < -0.39 is 0 Å². The van der Waals surface area contributed by atoms with Crippen LogP contribution in [0.2, 0.25) is 5.02 Å². The van der Waals surface area contributed by atoms with Crippen molar-refractivity contribution in [1.29, 1.82) is 0 Å². The largest absolute Gasteiger partial charge is 0.490 e. The van der Waals surface area contributed by atoms with Crippen LogP contribution in [0.5, 0.6) is 11.5 Å². The van der Waals surface area contributed by atoms with Gasteiger partial charge < -0.3 is 20.1 Å². The number of amides is 1. The number of hydrogen-bond donors (Lipinski definition) is 2. The van der Waals surface area contributed by atoms with Crippen molar-refractivity contribution in [2.24, 2.45) is 0 Å². The van der Waals surface area contributed by atoms with E-state index in [2.05, 4.69) is 26.6 Å². The molecular formula is C23H22BrClN2O3. The maximum atomic E-state index is 12.1. The van der Waals surface area contributed by atoms with Crippen LogP contribution in [0.15, 0.2) is 71.2 Å². The van der Waals surface area contributed by atoms with Crippen molar-refractivity contribution in [3.05, 3.63) is 81.8 Å². The zero-order valence-electron chi connectivity index (χ0n) is 16.5. The van der Waals surface area contributed by atoms with Crippen molar-refractivity contribution in [3.63, 3.8) is 0 Å². The lowest BCUT2D eigenvalue weighted by Crippen LogP contribution is -2.20. The summed E-state index contributed by atoms with van der Waals surface area (Å²) >= 11 is 9.52. The second-order valence-electron chi connectivity index (χ2n) is 6.40. The molecule has 0 bridgehead atoms. The van der Waals surface area contributed by atoms with E-state index in [4.69, 9.17) is 21.1 Å². The summed E-state index contributed by atoms with van der Waals surface area (Å²) < 4.78 is 12.2. The fraction of sp³-hybridized carbons (Fsp3) is 0.174. The Hall–Kier alpha value is -2.70. The van der Waals surface area contributed by atoms with Gasteiger partial charge in [0.15, 0.2) is 18.1 Å². The van der Waals surface area contributed by atoms with Crippen molar-refractivity contribution < 1.29 is 14.3 Å². The number of hydrogen-bond acceptors (Lipinski definition) is 4.